The van der Waals surface area contributed by atoms with E-state index in [1.165, 1.54) is 26.4 Å². The fraction of sp³-hybridized carbons (Fsp3) is 0.458. The van der Waals surface area contributed by atoms with Crippen LogP contribution in [0.1, 0.15) is 52.4 Å². The number of carbonyl (C=O) groups is 3. The fourth-order valence-corrected chi connectivity index (χ4v) is 3.92. The second kappa shape index (κ2) is 9.46. The van der Waals surface area contributed by atoms with Gasteiger partial charge in [-0.2, -0.15) is 0 Å². The summed E-state index contributed by atoms with van der Waals surface area (Å²) in [6, 6.07) is 4.77. The average molecular weight is 443 g/mol. The molecule has 0 saturated heterocycles. The van der Waals surface area contributed by atoms with Crippen LogP contribution in [0.2, 0.25) is 0 Å². The van der Waals surface area contributed by atoms with E-state index in [2.05, 4.69) is 5.32 Å². The maximum Gasteiger partial charge on any atom is 0.340 e. The smallest absolute Gasteiger partial charge is 0.340 e. The Morgan fingerprint density at radius 1 is 1.06 bits per heavy atom. The van der Waals surface area contributed by atoms with Gasteiger partial charge in [0.1, 0.15) is 0 Å². The molecular weight excluding hydrogens is 412 g/mol. The molecule has 1 aliphatic carbocycles. The predicted molar refractivity (Wildman–Crippen MR) is 120 cm³/mol. The zero-order valence-electron chi connectivity index (χ0n) is 19.4. The van der Waals surface area contributed by atoms with Crippen LogP contribution >= 0.6 is 0 Å². The van der Waals surface area contributed by atoms with Crippen LogP contribution in [0.25, 0.3) is 0 Å². The van der Waals surface area contributed by atoms with Crippen LogP contribution in [0.5, 0.6) is 11.5 Å². The Kier molecular flexibility index (Phi) is 6.91. The van der Waals surface area contributed by atoms with Crippen molar-refractivity contribution in [3.8, 4) is 11.5 Å². The molecule has 0 radical (unpaired) electrons. The SMILES string of the molecule is CCn1c(C)cc(C(=O)COC(=O)c2cc(OC)c(OC)cc2NC(=O)C2CC2C)c1C. The molecule has 8 nitrogen and oxygen atoms in total. The molecule has 2 aromatic rings. The van der Waals surface area contributed by atoms with E-state index < -0.39 is 12.6 Å². The summed E-state index contributed by atoms with van der Waals surface area (Å²) in [5.74, 6) is -0.275. The standard InChI is InChI=1S/C24H30N2O6/c1-7-26-14(3)9-17(15(26)4)20(27)12-32-24(29)18-10-21(30-5)22(31-6)11-19(18)25-23(28)16-8-13(16)2/h9-11,13,16H,7-8,12H2,1-6H3,(H,25,28). The summed E-state index contributed by atoms with van der Waals surface area (Å²) in [5.41, 5.74) is 2.69. The lowest BCUT2D eigenvalue weighted by molar-refractivity contribution is -0.117. The highest BCUT2D eigenvalue weighted by atomic mass is 16.5. The number of benzene rings is 1. The number of hydrogen-bond acceptors (Lipinski definition) is 6. The van der Waals surface area contributed by atoms with Crippen molar-refractivity contribution in [3.05, 3.63) is 40.7 Å². The lowest BCUT2D eigenvalue weighted by atomic mass is 10.1. The van der Waals surface area contributed by atoms with E-state index in [1.54, 1.807) is 6.07 Å². The lowest BCUT2D eigenvalue weighted by Gasteiger charge is -2.15. The molecule has 0 spiro atoms. The minimum Gasteiger partial charge on any atom is -0.493 e. The number of ketones is 1. The van der Waals surface area contributed by atoms with Crippen molar-refractivity contribution in [1.82, 2.24) is 4.57 Å². The van der Waals surface area contributed by atoms with Gasteiger partial charge in [-0.25, -0.2) is 4.79 Å². The largest absolute Gasteiger partial charge is 0.493 e. The van der Waals surface area contributed by atoms with Gasteiger partial charge in [-0.05, 0) is 39.2 Å². The van der Waals surface area contributed by atoms with Crippen molar-refractivity contribution in [1.29, 1.82) is 0 Å². The molecule has 1 aliphatic rings. The lowest BCUT2D eigenvalue weighted by Crippen LogP contribution is -2.20. The van der Waals surface area contributed by atoms with Crippen LogP contribution in [0, 0.1) is 25.7 Å². The summed E-state index contributed by atoms with van der Waals surface area (Å²) in [4.78, 5) is 38.1. The second-order valence-electron chi connectivity index (χ2n) is 8.09. The number of aryl methyl sites for hydroxylation is 1. The molecule has 172 valence electrons. The zero-order chi connectivity index (χ0) is 23.6. The number of esters is 1. The zero-order valence-corrected chi connectivity index (χ0v) is 19.4. The molecule has 2 unspecified atom stereocenters. The normalized spacial score (nSPS) is 16.9. The van der Waals surface area contributed by atoms with E-state index in [-0.39, 0.29) is 28.9 Å². The number of ether oxygens (including phenoxy) is 3. The van der Waals surface area contributed by atoms with E-state index >= 15 is 0 Å². The molecule has 1 aromatic heterocycles. The number of anilines is 1. The Morgan fingerprint density at radius 3 is 2.22 bits per heavy atom. The minimum absolute atomic E-state index is 0.0811. The first-order valence-electron chi connectivity index (χ1n) is 10.7. The van der Waals surface area contributed by atoms with E-state index in [9.17, 15) is 14.4 Å². The van der Waals surface area contributed by atoms with Gasteiger partial charge in [-0.15, -0.1) is 0 Å². The molecule has 32 heavy (non-hydrogen) atoms. The maximum absolute atomic E-state index is 12.9. The third-order valence-corrected chi connectivity index (χ3v) is 5.97. The highest BCUT2D eigenvalue weighted by Gasteiger charge is 2.39. The van der Waals surface area contributed by atoms with Crippen molar-refractivity contribution in [2.45, 2.75) is 40.7 Å². The van der Waals surface area contributed by atoms with E-state index in [0.717, 1.165) is 24.4 Å². The van der Waals surface area contributed by atoms with Crippen LogP contribution in [-0.4, -0.2) is 43.1 Å². The van der Waals surface area contributed by atoms with Gasteiger partial charge in [-0.3, -0.25) is 9.59 Å². The van der Waals surface area contributed by atoms with Crippen LogP contribution in [-0.2, 0) is 16.1 Å². The van der Waals surface area contributed by atoms with Crippen molar-refractivity contribution in [3.63, 3.8) is 0 Å². The Morgan fingerprint density at radius 2 is 1.69 bits per heavy atom. The molecule has 1 amide bonds. The molecule has 1 heterocycles. The van der Waals surface area contributed by atoms with Gasteiger partial charge in [0.15, 0.2) is 18.1 Å². The number of nitrogens with one attached hydrogen (secondary N) is 1. The summed E-state index contributed by atoms with van der Waals surface area (Å²) in [6.45, 7) is 8.14. The number of methoxy groups -OCH3 is 2. The molecule has 0 aliphatic heterocycles. The molecule has 1 aromatic carbocycles. The molecule has 1 fully saturated rings. The van der Waals surface area contributed by atoms with Gasteiger partial charge in [0, 0.05) is 41.5 Å². The quantitative estimate of drug-likeness (QED) is 0.469. The summed E-state index contributed by atoms with van der Waals surface area (Å²) < 4.78 is 17.9. The molecule has 0 bridgehead atoms. The Bertz CT molecular complexity index is 1060. The van der Waals surface area contributed by atoms with Crippen LogP contribution in [0.3, 0.4) is 0 Å². The van der Waals surface area contributed by atoms with Crippen molar-refractivity contribution < 1.29 is 28.6 Å². The minimum atomic E-state index is -0.734. The molecular formula is C24H30N2O6. The first kappa shape index (κ1) is 23.4. The Balaban J connectivity index is 1.81. The third kappa shape index (κ3) is 4.64. The molecule has 1 N–H and O–H groups in total. The number of hydrogen-bond donors (Lipinski definition) is 1. The van der Waals surface area contributed by atoms with E-state index in [4.69, 9.17) is 14.2 Å². The monoisotopic (exact) mass is 442 g/mol. The first-order chi connectivity index (χ1) is 15.2. The van der Waals surface area contributed by atoms with E-state index in [0.29, 0.717) is 23.0 Å². The highest BCUT2D eigenvalue weighted by Crippen LogP contribution is 2.40. The van der Waals surface area contributed by atoms with Gasteiger partial charge in [-0.1, -0.05) is 6.92 Å². The van der Waals surface area contributed by atoms with Crippen molar-refractivity contribution >= 4 is 23.3 Å². The van der Waals surface area contributed by atoms with Crippen molar-refractivity contribution in [2.75, 3.05) is 26.1 Å². The highest BCUT2D eigenvalue weighted by molar-refractivity contribution is 6.05. The predicted octanol–water partition coefficient (Wildman–Crippen LogP) is 3.78. The third-order valence-electron chi connectivity index (χ3n) is 5.97. The van der Waals surface area contributed by atoms with Gasteiger partial charge < -0.3 is 24.1 Å². The first-order valence-corrected chi connectivity index (χ1v) is 10.7. The summed E-state index contributed by atoms with van der Waals surface area (Å²) >= 11 is 0. The second-order valence-corrected chi connectivity index (χ2v) is 8.09. The number of amides is 1. The molecule has 1 saturated carbocycles. The fourth-order valence-electron chi connectivity index (χ4n) is 3.92. The number of nitrogens with zero attached hydrogens (tertiary/aromatic N) is 1. The molecule has 3 rings (SSSR count). The summed E-state index contributed by atoms with van der Waals surface area (Å²) in [7, 11) is 2.92. The van der Waals surface area contributed by atoms with Crippen LogP contribution in [0.4, 0.5) is 5.69 Å². The number of rotatable bonds is 9. The van der Waals surface area contributed by atoms with Crippen molar-refractivity contribution in [2.24, 2.45) is 11.8 Å². The summed E-state index contributed by atoms with van der Waals surface area (Å²) in [6.07, 6.45) is 0.809. The van der Waals surface area contributed by atoms with Crippen LogP contribution < -0.4 is 14.8 Å². The number of Topliss-reactive ketones (excluding diaryl/α,β-unsaturated/α-hetero) is 1. The molecule has 8 heteroatoms. The van der Waals surface area contributed by atoms with E-state index in [1.807, 2.05) is 32.3 Å². The maximum atomic E-state index is 12.9. The van der Waals surface area contributed by atoms with Gasteiger partial charge >= 0.3 is 5.97 Å². The number of carbonyl (C=O) groups excluding carboxylic acids is 3. The molecule has 2 atom stereocenters. The number of aromatic nitrogens is 1. The summed E-state index contributed by atoms with van der Waals surface area (Å²) in [5, 5.41) is 2.79. The van der Waals surface area contributed by atoms with Gasteiger partial charge in [0.05, 0.1) is 25.5 Å². The Hall–Kier alpha value is -3.29. The Labute approximate surface area is 187 Å². The van der Waals surface area contributed by atoms with Gasteiger partial charge in [0.2, 0.25) is 11.7 Å². The topological polar surface area (TPSA) is 95.9 Å². The average Bonchev–Trinajstić information content (AvgIpc) is 3.44. The van der Waals surface area contributed by atoms with Gasteiger partial charge in [0.25, 0.3) is 0 Å². The van der Waals surface area contributed by atoms with Crippen LogP contribution in [0.15, 0.2) is 18.2 Å².